The SMILES string of the molecule is Cn1nccc1CCNC(=O)c1ccc(CCN)cc1. The molecule has 1 aromatic heterocycles. The number of carbonyl (C=O) groups is 1. The first-order valence-corrected chi connectivity index (χ1v) is 6.75. The zero-order valence-corrected chi connectivity index (χ0v) is 11.7. The van der Waals surface area contributed by atoms with Gasteiger partial charge in [0.15, 0.2) is 0 Å². The van der Waals surface area contributed by atoms with Crippen molar-refractivity contribution in [1.82, 2.24) is 15.1 Å². The van der Waals surface area contributed by atoms with E-state index in [-0.39, 0.29) is 5.91 Å². The van der Waals surface area contributed by atoms with Crippen molar-refractivity contribution in [1.29, 1.82) is 0 Å². The monoisotopic (exact) mass is 272 g/mol. The number of aromatic nitrogens is 2. The van der Waals surface area contributed by atoms with Crippen molar-refractivity contribution in [2.45, 2.75) is 12.8 Å². The molecule has 20 heavy (non-hydrogen) atoms. The summed E-state index contributed by atoms with van der Waals surface area (Å²) in [5, 5.41) is 7.00. The van der Waals surface area contributed by atoms with E-state index in [1.54, 1.807) is 6.20 Å². The molecule has 106 valence electrons. The maximum absolute atomic E-state index is 12.0. The average Bonchev–Trinajstić information content (AvgIpc) is 2.85. The van der Waals surface area contributed by atoms with Crippen LogP contribution in [0, 0.1) is 0 Å². The summed E-state index contributed by atoms with van der Waals surface area (Å²) in [4.78, 5) is 12.0. The van der Waals surface area contributed by atoms with Crippen molar-refractivity contribution < 1.29 is 4.79 Å². The van der Waals surface area contributed by atoms with Crippen LogP contribution < -0.4 is 11.1 Å². The van der Waals surface area contributed by atoms with E-state index in [0.717, 1.165) is 24.1 Å². The lowest BCUT2D eigenvalue weighted by Crippen LogP contribution is -2.26. The van der Waals surface area contributed by atoms with Crippen molar-refractivity contribution >= 4 is 5.91 Å². The molecule has 0 fully saturated rings. The van der Waals surface area contributed by atoms with Crippen molar-refractivity contribution in [3.8, 4) is 0 Å². The van der Waals surface area contributed by atoms with Gasteiger partial charge in [-0.25, -0.2) is 0 Å². The van der Waals surface area contributed by atoms with Gasteiger partial charge in [-0.1, -0.05) is 12.1 Å². The highest BCUT2D eigenvalue weighted by molar-refractivity contribution is 5.94. The Morgan fingerprint density at radius 3 is 2.60 bits per heavy atom. The molecular formula is C15H20N4O. The smallest absolute Gasteiger partial charge is 0.251 e. The molecule has 0 saturated carbocycles. The topological polar surface area (TPSA) is 72.9 Å². The maximum atomic E-state index is 12.0. The van der Waals surface area contributed by atoms with Crippen LogP contribution in [0.15, 0.2) is 36.5 Å². The minimum atomic E-state index is -0.0496. The van der Waals surface area contributed by atoms with E-state index < -0.39 is 0 Å². The summed E-state index contributed by atoms with van der Waals surface area (Å²) in [6.45, 7) is 1.22. The number of nitrogens with one attached hydrogen (secondary N) is 1. The lowest BCUT2D eigenvalue weighted by atomic mass is 10.1. The molecule has 0 unspecified atom stereocenters. The second-order valence-corrected chi connectivity index (χ2v) is 4.69. The van der Waals surface area contributed by atoms with Crippen molar-refractivity contribution in [3.63, 3.8) is 0 Å². The number of carbonyl (C=O) groups excluding carboxylic acids is 1. The minimum Gasteiger partial charge on any atom is -0.352 e. The molecule has 0 atom stereocenters. The van der Waals surface area contributed by atoms with Gasteiger partial charge in [0.2, 0.25) is 0 Å². The second-order valence-electron chi connectivity index (χ2n) is 4.69. The van der Waals surface area contributed by atoms with Gasteiger partial charge in [0, 0.05) is 37.5 Å². The van der Waals surface area contributed by atoms with E-state index >= 15 is 0 Å². The molecule has 0 saturated heterocycles. The summed E-state index contributed by atoms with van der Waals surface area (Å²) >= 11 is 0. The molecule has 5 nitrogen and oxygen atoms in total. The highest BCUT2D eigenvalue weighted by Crippen LogP contribution is 2.05. The van der Waals surface area contributed by atoms with Gasteiger partial charge in [0.05, 0.1) is 0 Å². The van der Waals surface area contributed by atoms with Crippen LogP contribution in [-0.2, 0) is 19.9 Å². The molecule has 1 aromatic carbocycles. The number of nitrogens with zero attached hydrogens (tertiary/aromatic N) is 2. The number of amides is 1. The number of hydrogen-bond acceptors (Lipinski definition) is 3. The van der Waals surface area contributed by atoms with Crippen molar-refractivity contribution in [2.24, 2.45) is 12.8 Å². The molecular weight excluding hydrogens is 252 g/mol. The van der Waals surface area contributed by atoms with Gasteiger partial charge in [-0.2, -0.15) is 5.10 Å². The summed E-state index contributed by atoms with van der Waals surface area (Å²) in [6.07, 6.45) is 3.36. The molecule has 0 bridgehead atoms. The van der Waals surface area contributed by atoms with E-state index in [1.165, 1.54) is 0 Å². The number of hydrogen-bond donors (Lipinski definition) is 2. The van der Waals surface area contributed by atoms with Crippen LogP contribution in [0.1, 0.15) is 21.6 Å². The average molecular weight is 272 g/mol. The fraction of sp³-hybridized carbons (Fsp3) is 0.333. The predicted molar refractivity (Wildman–Crippen MR) is 78.4 cm³/mol. The molecule has 3 N–H and O–H groups in total. The number of benzene rings is 1. The molecule has 1 amide bonds. The molecule has 0 aliphatic carbocycles. The summed E-state index contributed by atoms with van der Waals surface area (Å²) in [6, 6.07) is 9.52. The van der Waals surface area contributed by atoms with E-state index in [9.17, 15) is 4.79 Å². The zero-order chi connectivity index (χ0) is 14.4. The Balaban J connectivity index is 1.84. The number of rotatable bonds is 6. The third-order valence-corrected chi connectivity index (χ3v) is 3.24. The van der Waals surface area contributed by atoms with Crippen molar-refractivity contribution in [3.05, 3.63) is 53.3 Å². The Bertz CT molecular complexity index is 560. The van der Waals surface area contributed by atoms with E-state index in [2.05, 4.69) is 10.4 Å². The van der Waals surface area contributed by atoms with Gasteiger partial charge in [-0.3, -0.25) is 9.48 Å². The molecule has 0 aliphatic rings. The molecule has 5 heteroatoms. The molecule has 0 aliphatic heterocycles. The largest absolute Gasteiger partial charge is 0.352 e. The van der Waals surface area contributed by atoms with E-state index in [0.29, 0.717) is 18.7 Å². The number of aryl methyl sites for hydroxylation is 1. The molecule has 2 aromatic rings. The Hall–Kier alpha value is -2.14. The van der Waals surface area contributed by atoms with Crippen LogP contribution in [-0.4, -0.2) is 28.8 Å². The van der Waals surface area contributed by atoms with E-state index in [1.807, 2.05) is 42.1 Å². The predicted octanol–water partition coefficient (Wildman–Crippen LogP) is 0.894. The van der Waals surface area contributed by atoms with Crippen LogP contribution in [0.3, 0.4) is 0 Å². The minimum absolute atomic E-state index is 0.0496. The van der Waals surface area contributed by atoms with Crippen LogP contribution >= 0.6 is 0 Å². The first-order valence-electron chi connectivity index (χ1n) is 6.75. The lowest BCUT2D eigenvalue weighted by molar-refractivity contribution is 0.0954. The lowest BCUT2D eigenvalue weighted by Gasteiger charge is -2.06. The first-order chi connectivity index (χ1) is 9.70. The van der Waals surface area contributed by atoms with Crippen LogP contribution in [0.4, 0.5) is 0 Å². The molecule has 0 spiro atoms. The summed E-state index contributed by atoms with van der Waals surface area (Å²) < 4.78 is 1.81. The van der Waals surface area contributed by atoms with Crippen LogP contribution in [0.2, 0.25) is 0 Å². The quantitative estimate of drug-likeness (QED) is 0.820. The third-order valence-electron chi connectivity index (χ3n) is 3.24. The standard InChI is InChI=1S/C15H20N4O/c1-19-14(8-11-18-19)7-10-17-15(20)13-4-2-12(3-5-13)6-9-16/h2-5,8,11H,6-7,9-10,16H2,1H3,(H,17,20). The first kappa shape index (κ1) is 14.3. The molecule has 2 rings (SSSR count). The van der Waals surface area contributed by atoms with Gasteiger partial charge in [-0.05, 0) is 36.7 Å². The Morgan fingerprint density at radius 1 is 1.25 bits per heavy atom. The normalized spacial score (nSPS) is 10.5. The fourth-order valence-corrected chi connectivity index (χ4v) is 2.04. The van der Waals surface area contributed by atoms with Crippen LogP contribution in [0.5, 0.6) is 0 Å². The van der Waals surface area contributed by atoms with Gasteiger partial charge < -0.3 is 11.1 Å². The maximum Gasteiger partial charge on any atom is 0.251 e. The Labute approximate surface area is 118 Å². The summed E-state index contributed by atoms with van der Waals surface area (Å²) in [7, 11) is 1.90. The highest BCUT2D eigenvalue weighted by Gasteiger charge is 2.05. The molecule has 0 radical (unpaired) electrons. The highest BCUT2D eigenvalue weighted by atomic mass is 16.1. The number of nitrogens with two attached hydrogens (primary N) is 1. The molecule has 1 heterocycles. The third kappa shape index (κ3) is 3.68. The van der Waals surface area contributed by atoms with Crippen molar-refractivity contribution in [2.75, 3.05) is 13.1 Å². The van der Waals surface area contributed by atoms with Gasteiger partial charge in [0.25, 0.3) is 5.91 Å². The van der Waals surface area contributed by atoms with Crippen LogP contribution in [0.25, 0.3) is 0 Å². The van der Waals surface area contributed by atoms with Gasteiger partial charge in [0.1, 0.15) is 0 Å². The Morgan fingerprint density at radius 2 is 2.00 bits per heavy atom. The van der Waals surface area contributed by atoms with Gasteiger partial charge >= 0.3 is 0 Å². The summed E-state index contributed by atoms with van der Waals surface area (Å²) in [5.41, 5.74) is 8.43. The zero-order valence-electron chi connectivity index (χ0n) is 11.7. The van der Waals surface area contributed by atoms with Gasteiger partial charge in [-0.15, -0.1) is 0 Å². The fourth-order valence-electron chi connectivity index (χ4n) is 2.04. The second kappa shape index (κ2) is 6.86. The summed E-state index contributed by atoms with van der Waals surface area (Å²) in [5.74, 6) is -0.0496. The van der Waals surface area contributed by atoms with E-state index in [4.69, 9.17) is 5.73 Å². The Kier molecular flexibility index (Phi) is 4.90.